The predicted molar refractivity (Wildman–Crippen MR) is 144 cm³/mol. The number of hydrogen-bond donors (Lipinski definition) is 4. The molecule has 0 fully saturated rings. The number of nitrogens with zero attached hydrogens (tertiary/aromatic N) is 1. The number of aliphatic hydroxyl groups is 2. The van der Waals surface area contributed by atoms with Gasteiger partial charge in [0.25, 0.3) is 10.3 Å². The maximum atomic E-state index is 12.2. The molecule has 0 aliphatic carbocycles. The number of thiocarbonyl (C=S) groups is 2. The normalized spacial score (nSPS) is 9.59. The van der Waals surface area contributed by atoms with E-state index in [0.717, 1.165) is 17.5 Å². The van der Waals surface area contributed by atoms with Gasteiger partial charge >= 0.3 is 0 Å². The molecule has 3 aromatic rings. The molecule has 2 aromatic carbocycles. The second-order valence-corrected chi connectivity index (χ2v) is 9.21. The van der Waals surface area contributed by atoms with Crippen LogP contribution in [0.5, 0.6) is 0 Å². The van der Waals surface area contributed by atoms with Gasteiger partial charge in [0.1, 0.15) is 11.5 Å². The second kappa shape index (κ2) is 15.7. The molecule has 0 spiro atoms. The number of aliphatic hydroxyl groups excluding tert-OH is 2. The lowest BCUT2D eigenvalue weighted by Gasteiger charge is -2.09. The van der Waals surface area contributed by atoms with Crippen LogP contribution in [0.1, 0.15) is 26.5 Å². The van der Waals surface area contributed by atoms with Crippen molar-refractivity contribution in [2.75, 3.05) is 6.26 Å². The van der Waals surface area contributed by atoms with Crippen molar-refractivity contribution < 1.29 is 28.6 Å². The summed E-state index contributed by atoms with van der Waals surface area (Å²) in [6.45, 7) is 2.05. The monoisotopic (exact) mass is 529 g/mol. The molecule has 188 valence electrons. The number of hydrogen-bond acceptors (Lipinski definition) is 6. The molecule has 0 atom stereocenters. The van der Waals surface area contributed by atoms with Crippen LogP contribution in [0.25, 0.3) is 22.4 Å². The minimum atomic E-state index is -3.36. The summed E-state index contributed by atoms with van der Waals surface area (Å²) in [6, 6.07) is 16.7. The number of aryl methyl sites for hydroxylation is 1. The van der Waals surface area contributed by atoms with Crippen molar-refractivity contribution in [1.82, 2.24) is 5.16 Å². The molecule has 0 aliphatic rings. The zero-order valence-electron chi connectivity index (χ0n) is 18.1. The average Bonchev–Trinajstić information content (AvgIpc) is 3.11. The molecule has 3 rings (SSSR count). The van der Waals surface area contributed by atoms with Gasteiger partial charge in [-0.1, -0.05) is 68.0 Å². The van der Waals surface area contributed by atoms with Crippen molar-refractivity contribution in [2.24, 2.45) is 11.5 Å². The van der Waals surface area contributed by atoms with Crippen LogP contribution in [0, 0.1) is 0 Å². The highest BCUT2D eigenvalue weighted by Crippen LogP contribution is 2.38. The third kappa shape index (κ3) is 10.7. The van der Waals surface area contributed by atoms with Crippen molar-refractivity contribution in [1.29, 1.82) is 0 Å². The molecule has 9 nitrogen and oxygen atoms in total. The predicted octanol–water partition coefficient (Wildman–Crippen LogP) is 3.75. The molecule has 0 saturated carbocycles. The number of sulfone groups is 1. The van der Waals surface area contributed by atoms with E-state index >= 15 is 0 Å². The lowest BCUT2D eigenvalue weighted by molar-refractivity contribution is 0.385. The summed E-state index contributed by atoms with van der Waals surface area (Å²) in [5, 5.41) is 18.4. The van der Waals surface area contributed by atoms with E-state index in [2.05, 4.69) is 48.0 Å². The van der Waals surface area contributed by atoms with E-state index in [1.54, 1.807) is 12.1 Å². The first-order valence-corrected chi connectivity index (χ1v) is 12.0. The van der Waals surface area contributed by atoms with Crippen LogP contribution in [0.15, 0.2) is 64.0 Å². The van der Waals surface area contributed by atoms with E-state index < -0.39 is 20.2 Å². The van der Waals surface area contributed by atoms with Gasteiger partial charge < -0.3 is 31.7 Å². The van der Waals surface area contributed by atoms with E-state index in [4.69, 9.17) is 14.7 Å². The Balaban J connectivity index is 0. The van der Waals surface area contributed by atoms with Gasteiger partial charge in [-0.15, -0.1) is 0 Å². The van der Waals surface area contributed by atoms with Gasteiger partial charge in [-0.25, -0.2) is 8.42 Å². The first kappa shape index (κ1) is 33.1. The molecule has 8 N–H and O–H groups in total. The quantitative estimate of drug-likeness (QED) is 0.355. The largest absolute Gasteiger partial charge is 0.487 e. The van der Waals surface area contributed by atoms with Crippen LogP contribution >= 0.6 is 24.4 Å². The summed E-state index contributed by atoms with van der Waals surface area (Å²) >= 11 is 7.74. The topological polar surface area (TPSA) is 184 Å². The molecular formula is C22H31N3O6S3. The van der Waals surface area contributed by atoms with Gasteiger partial charge in [0.2, 0.25) is 0 Å². The maximum Gasteiger partial charge on any atom is 0.251 e. The molecule has 0 unspecified atom stereocenters. The fraction of sp³-hybridized carbons (Fsp3) is 0.227. The van der Waals surface area contributed by atoms with Crippen molar-refractivity contribution in [2.45, 2.75) is 32.1 Å². The maximum absolute atomic E-state index is 12.2. The third-order valence-electron chi connectivity index (χ3n) is 3.84. The van der Waals surface area contributed by atoms with Crippen molar-refractivity contribution in [3.8, 4) is 22.4 Å². The Hall–Kier alpha value is -3.06. The number of aromatic nitrogens is 1. The lowest BCUT2D eigenvalue weighted by atomic mass is 9.97. The standard InChI is InChI=1S/C19H19NO3S.2CH3NOS.CH4.H2O/c1-3-9-16-18(15-12-7-8-13-17(15)24(2,21)22)19(20-23-16)14-10-5-4-6-11-14;2*2-1(3)4;;/h4-8,10-13H,3,9H2,1-2H3;2*(H3,2,3,4);1H4;1H2. The Labute approximate surface area is 210 Å². The van der Waals surface area contributed by atoms with Crippen LogP contribution in [0.2, 0.25) is 0 Å². The number of nitrogens with two attached hydrogens (primary N) is 2. The summed E-state index contributed by atoms with van der Waals surface area (Å²) < 4.78 is 30.0. The summed E-state index contributed by atoms with van der Waals surface area (Å²) in [6.07, 6.45) is 2.81. The van der Waals surface area contributed by atoms with Gasteiger partial charge in [-0.05, 0) is 36.9 Å². The number of benzene rings is 2. The smallest absolute Gasteiger partial charge is 0.251 e. The Bertz CT molecular complexity index is 1130. The fourth-order valence-corrected chi connectivity index (χ4v) is 3.68. The summed E-state index contributed by atoms with van der Waals surface area (Å²) in [5.41, 5.74) is 11.8. The van der Waals surface area contributed by atoms with E-state index in [1.807, 2.05) is 42.5 Å². The molecule has 0 saturated heterocycles. The van der Waals surface area contributed by atoms with Gasteiger partial charge in [-0.2, -0.15) is 0 Å². The first-order valence-electron chi connectivity index (χ1n) is 9.29. The highest BCUT2D eigenvalue weighted by atomic mass is 32.2. The molecule has 34 heavy (non-hydrogen) atoms. The van der Waals surface area contributed by atoms with Crippen LogP contribution < -0.4 is 11.5 Å². The third-order valence-corrected chi connectivity index (χ3v) is 5.00. The van der Waals surface area contributed by atoms with Crippen molar-refractivity contribution >= 4 is 44.6 Å². The molecular weight excluding hydrogens is 498 g/mol. The van der Waals surface area contributed by atoms with Crippen LogP contribution in [0.3, 0.4) is 0 Å². The van der Waals surface area contributed by atoms with Crippen molar-refractivity contribution in [3.63, 3.8) is 0 Å². The summed E-state index contributed by atoms with van der Waals surface area (Å²) in [5.74, 6) is 0.715. The van der Waals surface area contributed by atoms with E-state index in [-0.39, 0.29) is 12.9 Å². The van der Waals surface area contributed by atoms with Gasteiger partial charge in [0.15, 0.2) is 9.84 Å². The van der Waals surface area contributed by atoms with E-state index in [1.165, 1.54) is 6.26 Å². The highest BCUT2D eigenvalue weighted by Gasteiger charge is 2.23. The minimum Gasteiger partial charge on any atom is -0.487 e. The van der Waals surface area contributed by atoms with Crippen molar-refractivity contribution in [3.05, 3.63) is 60.4 Å². The fourth-order valence-electron chi connectivity index (χ4n) is 2.79. The summed E-state index contributed by atoms with van der Waals surface area (Å²) in [4.78, 5) is 0.294. The molecule has 0 bridgehead atoms. The van der Waals surface area contributed by atoms with E-state index in [9.17, 15) is 8.42 Å². The summed E-state index contributed by atoms with van der Waals surface area (Å²) in [7, 11) is -3.36. The average molecular weight is 530 g/mol. The van der Waals surface area contributed by atoms with Gasteiger partial charge in [0.05, 0.1) is 10.5 Å². The Morgan fingerprint density at radius 1 is 1.00 bits per heavy atom. The highest BCUT2D eigenvalue weighted by molar-refractivity contribution is 7.90. The van der Waals surface area contributed by atoms with E-state index in [0.29, 0.717) is 28.3 Å². The van der Waals surface area contributed by atoms with Crippen LogP contribution in [0.4, 0.5) is 0 Å². The Kier molecular flexibility index (Phi) is 15.3. The molecule has 0 aliphatic heterocycles. The second-order valence-electron chi connectivity index (χ2n) is 6.39. The molecule has 0 radical (unpaired) electrons. The molecule has 1 aromatic heterocycles. The van der Waals surface area contributed by atoms with Crippen LogP contribution in [-0.4, -0.2) is 45.9 Å². The van der Waals surface area contributed by atoms with Gasteiger partial charge in [-0.3, -0.25) is 0 Å². The Morgan fingerprint density at radius 2 is 1.47 bits per heavy atom. The molecule has 0 amide bonds. The number of rotatable bonds is 5. The lowest BCUT2D eigenvalue weighted by Crippen LogP contribution is -2.03. The molecule has 12 heteroatoms. The molecule has 1 heterocycles. The zero-order valence-corrected chi connectivity index (χ0v) is 20.5. The first-order chi connectivity index (χ1) is 15.0. The minimum absolute atomic E-state index is 0. The SMILES string of the molecule is C.CCCc1onc(-c2ccccc2)c1-c1ccccc1S(C)(=O)=O.NC(O)=S.NC(O)=S.O. The van der Waals surface area contributed by atoms with Gasteiger partial charge in [0, 0.05) is 23.8 Å². The zero-order chi connectivity index (χ0) is 24.3. The van der Waals surface area contributed by atoms with Crippen LogP contribution in [-0.2, 0) is 16.3 Å². The Morgan fingerprint density at radius 3 is 1.94 bits per heavy atom.